The van der Waals surface area contributed by atoms with E-state index in [0.717, 1.165) is 90.6 Å². The van der Waals surface area contributed by atoms with Crippen molar-refractivity contribution < 1.29 is 24.1 Å². The van der Waals surface area contributed by atoms with Crippen molar-refractivity contribution in [3.05, 3.63) is 76.3 Å². The number of para-hydroxylation sites is 1. The van der Waals surface area contributed by atoms with Crippen molar-refractivity contribution in [2.45, 2.75) is 64.8 Å². The van der Waals surface area contributed by atoms with Gasteiger partial charge < -0.3 is 24.2 Å². The minimum absolute atomic E-state index is 0.298. The third-order valence-corrected chi connectivity index (χ3v) is 9.96. The molecule has 0 radical (unpaired) electrons. The van der Waals surface area contributed by atoms with E-state index in [9.17, 15) is 15.2 Å². The average molecular weight is 611 g/mol. The minimum Gasteiger partial charge on any atom is -0.488 e. The zero-order chi connectivity index (χ0) is 31.6. The molecule has 9 heteroatoms. The number of anilines is 1. The first-order chi connectivity index (χ1) is 21.8. The first kappa shape index (κ1) is 31.0. The number of carboxylic acid groups (broad SMARTS) is 1. The molecule has 2 fully saturated rings. The Kier molecular flexibility index (Phi) is 9.09. The summed E-state index contributed by atoms with van der Waals surface area (Å²) >= 11 is 0. The van der Waals surface area contributed by atoms with Crippen molar-refractivity contribution in [2.75, 3.05) is 44.9 Å². The Morgan fingerprint density at radius 1 is 1.18 bits per heavy atom. The molecule has 0 saturated carbocycles. The second-order valence-electron chi connectivity index (χ2n) is 12.7. The highest BCUT2D eigenvalue weighted by Gasteiger charge is 2.50. The molecule has 45 heavy (non-hydrogen) atoms. The van der Waals surface area contributed by atoms with Crippen LogP contribution in [0.25, 0.3) is 11.3 Å². The summed E-state index contributed by atoms with van der Waals surface area (Å²) in [5, 5.41) is 20.1. The molecule has 236 valence electrons. The predicted octanol–water partition coefficient (Wildman–Crippen LogP) is 5.36. The molecule has 6 rings (SSSR count). The zero-order valence-electron chi connectivity index (χ0n) is 26.4. The van der Waals surface area contributed by atoms with Crippen LogP contribution in [0.3, 0.4) is 0 Å². The van der Waals surface area contributed by atoms with Crippen LogP contribution in [-0.2, 0) is 33.8 Å². The van der Waals surface area contributed by atoms with Crippen molar-refractivity contribution in [1.82, 2.24) is 9.88 Å². The van der Waals surface area contributed by atoms with E-state index in [4.69, 9.17) is 19.2 Å². The highest BCUT2D eigenvalue weighted by Crippen LogP contribution is 2.41. The molecule has 3 aromatic rings. The van der Waals surface area contributed by atoms with E-state index in [-0.39, 0.29) is 6.04 Å². The number of pyridine rings is 1. The first-order valence-electron chi connectivity index (χ1n) is 15.9. The molecule has 1 aromatic heterocycles. The van der Waals surface area contributed by atoms with Crippen molar-refractivity contribution in [3.63, 3.8) is 0 Å². The van der Waals surface area contributed by atoms with Gasteiger partial charge in [0.25, 0.3) is 0 Å². The van der Waals surface area contributed by atoms with Gasteiger partial charge in [-0.05, 0) is 86.1 Å². The van der Waals surface area contributed by atoms with Gasteiger partial charge in [-0.3, -0.25) is 9.69 Å². The molecule has 2 saturated heterocycles. The zero-order valence-corrected chi connectivity index (χ0v) is 26.4. The molecule has 2 atom stereocenters. The lowest BCUT2D eigenvalue weighted by molar-refractivity contribution is -0.148. The highest BCUT2D eigenvalue weighted by atomic mass is 16.5. The number of carboxylic acids is 1. The number of rotatable bonds is 9. The number of benzene rings is 2. The first-order valence-corrected chi connectivity index (χ1v) is 15.9. The summed E-state index contributed by atoms with van der Waals surface area (Å²) in [6, 6.07) is 18.7. The number of ether oxygens (including phenoxy) is 3. The van der Waals surface area contributed by atoms with Gasteiger partial charge >= 0.3 is 5.97 Å². The van der Waals surface area contributed by atoms with Crippen LogP contribution in [0.4, 0.5) is 5.82 Å². The Balaban J connectivity index is 1.23. The Labute approximate surface area is 265 Å². The number of carbonyl (C=O) groups is 1. The second-order valence-corrected chi connectivity index (χ2v) is 12.7. The van der Waals surface area contributed by atoms with Crippen LogP contribution >= 0.6 is 0 Å². The fraction of sp³-hybridized carbons (Fsp3) is 0.472. The van der Waals surface area contributed by atoms with E-state index in [1.165, 1.54) is 5.56 Å². The largest absolute Gasteiger partial charge is 0.488 e. The van der Waals surface area contributed by atoms with Gasteiger partial charge in [0, 0.05) is 51.6 Å². The summed E-state index contributed by atoms with van der Waals surface area (Å²) in [6.45, 7) is 8.45. The van der Waals surface area contributed by atoms with Crippen LogP contribution in [0.5, 0.6) is 5.75 Å². The number of nitrogens with zero attached hydrogens (tertiary/aromatic N) is 4. The lowest BCUT2D eigenvalue weighted by Gasteiger charge is -2.38. The van der Waals surface area contributed by atoms with Crippen molar-refractivity contribution in [2.24, 2.45) is 5.41 Å². The van der Waals surface area contributed by atoms with Gasteiger partial charge in [-0.1, -0.05) is 24.3 Å². The number of hydrogen-bond donors (Lipinski definition) is 1. The van der Waals surface area contributed by atoms with Crippen molar-refractivity contribution in [3.8, 4) is 23.1 Å². The van der Waals surface area contributed by atoms with E-state index in [0.29, 0.717) is 32.2 Å². The molecule has 3 aliphatic heterocycles. The van der Waals surface area contributed by atoms with Crippen LogP contribution in [0.15, 0.2) is 48.5 Å². The van der Waals surface area contributed by atoms with Gasteiger partial charge in [0.15, 0.2) is 0 Å². The lowest BCUT2D eigenvalue weighted by atomic mass is 9.83. The molecule has 9 nitrogen and oxygen atoms in total. The summed E-state index contributed by atoms with van der Waals surface area (Å²) in [5.41, 5.74) is 5.77. The van der Waals surface area contributed by atoms with Crippen LogP contribution in [0, 0.1) is 23.7 Å². The summed E-state index contributed by atoms with van der Waals surface area (Å²) in [5.74, 6) is 0.639. The van der Waals surface area contributed by atoms with Gasteiger partial charge in [-0.2, -0.15) is 5.26 Å². The van der Waals surface area contributed by atoms with Crippen LogP contribution in [0.2, 0.25) is 0 Å². The maximum absolute atomic E-state index is 12.2. The molecule has 2 aromatic carbocycles. The van der Waals surface area contributed by atoms with Crippen LogP contribution in [0.1, 0.15) is 54.0 Å². The second kappa shape index (κ2) is 13.2. The number of aryl methyl sites for hydroxylation is 1. The van der Waals surface area contributed by atoms with E-state index in [1.807, 2.05) is 49.4 Å². The Morgan fingerprint density at radius 3 is 2.73 bits per heavy atom. The van der Waals surface area contributed by atoms with E-state index in [2.05, 4.69) is 21.9 Å². The number of nitriles is 1. The normalized spacial score (nSPS) is 22.2. The number of aromatic nitrogens is 1. The predicted molar refractivity (Wildman–Crippen MR) is 171 cm³/mol. The van der Waals surface area contributed by atoms with Crippen LogP contribution in [-0.4, -0.2) is 73.1 Å². The lowest BCUT2D eigenvalue weighted by Crippen LogP contribution is -2.46. The molecule has 0 spiro atoms. The van der Waals surface area contributed by atoms with E-state index >= 15 is 0 Å². The molecule has 0 aliphatic carbocycles. The molecule has 1 N–H and O–H groups in total. The van der Waals surface area contributed by atoms with Crippen molar-refractivity contribution >= 4 is 11.8 Å². The number of aliphatic carboxylic acids is 1. The van der Waals surface area contributed by atoms with E-state index < -0.39 is 11.4 Å². The molecule has 4 heterocycles. The standard InChI is InChI=1S/C36H42N4O5/c1-24-6-4-7-29(31-8-5-9-33(38-31)40-15-13-36(2,35(41)42)32(40)23-43-3)34(24)45-22-25-18-26-10-14-39(28-11-16-44-17-12-28)21-30(26)27(19-25)20-37/h4-9,18-19,28,32H,10-17,21-23H2,1-3H3,(H,41,42)/t32-,36-/m1/s1. The fourth-order valence-corrected chi connectivity index (χ4v) is 7.21. The molecular formula is C36H42N4O5. The number of fused-ring (bicyclic) bond motifs is 1. The fourth-order valence-electron chi connectivity index (χ4n) is 7.21. The molecule has 0 unspecified atom stereocenters. The van der Waals surface area contributed by atoms with Gasteiger partial charge in [0.1, 0.15) is 18.2 Å². The topological polar surface area (TPSA) is 108 Å². The third-order valence-electron chi connectivity index (χ3n) is 9.96. The Bertz CT molecular complexity index is 1600. The molecule has 3 aliphatic rings. The monoisotopic (exact) mass is 610 g/mol. The molecular weight excluding hydrogens is 568 g/mol. The average Bonchev–Trinajstić information content (AvgIpc) is 3.41. The molecule has 0 amide bonds. The summed E-state index contributed by atoms with van der Waals surface area (Å²) in [4.78, 5) is 21.8. The highest BCUT2D eigenvalue weighted by molar-refractivity contribution is 5.77. The maximum Gasteiger partial charge on any atom is 0.311 e. The number of hydrogen-bond acceptors (Lipinski definition) is 8. The quantitative estimate of drug-likeness (QED) is 0.343. The van der Waals surface area contributed by atoms with Gasteiger partial charge in [-0.25, -0.2) is 4.98 Å². The van der Waals surface area contributed by atoms with Crippen molar-refractivity contribution in [1.29, 1.82) is 5.26 Å². The molecule has 0 bridgehead atoms. The van der Waals surface area contributed by atoms with Gasteiger partial charge in [0.05, 0.1) is 35.4 Å². The van der Waals surface area contributed by atoms with E-state index in [1.54, 1.807) is 14.0 Å². The maximum atomic E-state index is 12.2. The van der Waals surface area contributed by atoms with Gasteiger partial charge in [0.2, 0.25) is 0 Å². The summed E-state index contributed by atoms with van der Waals surface area (Å²) in [7, 11) is 1.60. The summed E-state index contributed by atoms with van der Waals surface area (Å²) < 4.78 is 17.5. The Hall–Kier alpha value is -3.97. The smallest absolute Gasteiger partial charge is 0.311 e. The summed E-state index contributed by atoms with van der Waals surface area (Å²) in [6.07, 6.45) is 3.53. The Morgan fingerprint density at radius 2 is 1.98 bits per heavy atom. The third kappa shape index (κ3) is 6.15. The minimum atomic E-state index is -0.925. The van der Waals surface area contributed by atoms with Gasteiger partial charge in [-0.15, -0.1) is 0 Å². The SMILES string of the molecule is COC[C@H]1N(c2cccc(-c3cccc(C)c3OCc3cc(C#N)c4c(c3)CCN(C3CCOCC3)C4)n2)CC[C@@]1(C)C(=O)O. The number of methoxy groups -OCH3 is 1. The van der Waals surface area contributed by atoms with Crippen LogP contribution < -0.4 is 9.64 Å².